The number of nitrogens with two attached hydrogens (primary N) is 1. The fourth-order valence-corrected chi connectivity index (χ4v) is 3.29. The second kappa shape index (κ2) is 5.99. The summed E-state index contributed by atoms with van der Waals surface area (Å²) in [4.78, 5) is 12.9. The van der Waals surface area contributed by atoms with Crippen LogP contribution in [0.4, 0.5) is 5.95 Å². The largest absolute Gasteiger partial charge is 0.394 e. The topological polar surface area (TPSA) is 140 Å². The maximum atomic E-state index is 10.7. The Morgan fingerprint density at radius 3 is 2.65 bits per heavy atom. The van der Waals surface area contributed by atoms with Gasteiger partial charge in [0.05, 0.1) is 12.9 Å². The fraction of sp³-hybridized carbons (Fsp3) is 0.353. The van der Waals surface area contributed by atoms with Crippen molar-refractivity contribution in [2.24, 2.45) is 0 Å². The summed E-state index contributed by atoms with van der Waals surface area (Å²) in [5, 5.41) is 30.3. The van der Waals surface area contributed by atoms with Gasteiger partial charge in [-0.15, -0.1) is 0 Å². The van der Waals surface area contributed by atoms with Crippen molar-refractivity contribution >= 4 is 17.1 Å². The standard InChI is InChI=1S/C17H19N5O4/c1-17(25)13(24)10(7-23)26-15(17)22-8-19-12-11(9-5-3-2-4-6-9)20-16(18)21-14(12)22/h2-6,8,10,13,15,23-25H,7H2,1H3,(H2,18,20,21)/t10?,13?,15?,17-/m1/s1. The highest BCUT2D eigenvalue weighted by Crippen LogP contribution is 2.40. The number of aliphatic hydroxyl groups excluding tert-OH is 2. The molecule has 9 nitrogen and oxygen atoms in total. The molecule has 1 aromatic carbocycles. The number of ether oxygens (including phenoxy) is 1. The number of aromatic nitrogens is 4. The van der Waals surface area contributed by atoms with Crippen LogP contribution >= 0.6 is 0 Å². The summed E-state index contributed by atoms with van der Waals surface area (Å²) in [6, 6.07) is 9.42. The molecule has 0 radical (unpaired) electrons. The first-order chi connectivity index (χ1) is 12.4. The van der Waals surface area contributed by atoms with E-state index in [2.05, 4.69) is 15.0 Å². The summed E-state index contributed by atoms with van der Waals surface area (Å²) >= 11 is 0. The van der Waals surface area contributed by atoms with Crippen LogP contribution in [0.25, 0.3) is 22.4 Å². The molecular formula is C17H19N5O4. The first-order valence-corrected chi connectivity index (χ1v) is 8.15. The Balaban J connectivity index is 1.88. The van der Waals surface area contributed by atoms with Gasteiger partial charge in [-0.3, -0.25) is 4.57 Å². The number of imidazole rings is 1. The van der Waals surface area contributed by atoms with Gasteiger partial charge in [0, 0.05) is 5.56 Å². The highest BCUT2D eigenvalue weighted by Gasteiger charge is 2.53. The lowest BCUT2D eigenvalue weighted by molar-refractivity contribution is -0.0950. The molecule has 3 heterocycles. The molecule has 1 aliphatic rings. The van der Waals surface area contributed by atoms with Crippen LogP contribution in [0.2, 0.25) is 0 Å². The van der Waals surface area contributed by atoms with Crippen LogP contribution in [-0.2, 0) is 4.74 Å². The lowest BCUT2D eigenvalue weighted by Gasteiger charge is -2.27. The Labute approximate surface area is 148 Å². The van der Waals surface area contributed by atoms with Gasteiger partial charge in [0.1, 0.15) is 29.0 Å². The number of rotatable bonds is 3. The molecule has 1 saturated heterocycles. The summed E-state index contributed by atoms with van der Waals surface area (Å²) in [5.41, 5.74) is 6.48. The molecule has 4 atom stereocenters. The van der Waals surface area contributed by atoms with E-state index in [1.807, 2.05) is 30.3 Å². The average Bonchev–Trinajstić information content (AvgIpc) is 3.14. The number of anilines is 1. The van der Waals surface area contributed by atoms with Crippen molar-refractivity contribution < 1.29 is 20.1 Å². The predicted octanol–water partition coefficient (Wildman–Crippen LogP) is 0.0771. The van der Waals surface area contributed by atoms with Gasteiger partial charge in [0.15, 0.2) is 11.9 Å². The molecule has 0 bridgehead atoms. The van der Waals surface area contributed by atoms with Crippen LogP contribution in [0.1, 0.15) is 13.2 Å². The van der Waals surface area contributed by atoms with Gasteiger partial charge in [-0.05, 0) is 6.92 Å². The maximum absolute atomic E-state index is 10.7. The zero-order valence-electron chi connectivity index (χ0n) is 14.0. The summed E-state index contributed by atoms with van der Waals surface area (Å²) < 4.78 is 7.15. The smallest absolute Gasteiger partial charge is 0.222 e. The maximum Gasteiger partial charge on any atom is 0.222 e. The Kier molecular flexibility index (Phi) is 3.88. The SMILES string of the molecule is C[C@@]1(O)C(O)C(CO)OC1n1cnc2c(-c3ccccc3)nc(N)nc21. The van der Waals surface area contributed by atoms with Crippen molar-refractivity contribution in [3.8, 4) is 11.3 Å². The molecule has 3 aromatic rings. The summed E-state index contributed by atoms with van der Waals surface area (Å²) in [7, 11) is 0. The monoisotopic (exact) mass is 357 g/mol. The zero-order chi connectivity index (χ0) is 18.5. The molecule has 1 fully saturated rings. The summed E-state index contributed by atoms with van der Waals surface area (Å²) in [5.74, 6) is 0.0509. The number of nitrogens with zero attached hydrogens (tertiary/aromatic N) is 4. The quantitative estimate of drug-likeness (QED) is 0.517. The molecule has 1 aliphatic heterocycles. The first-order valence-electron chi connectivity index (χ1n) is 8.15. The molecule has 3 unspecified atom stereocenters. The number of aliphatic hydroxyl groups is 3. The molecule has 0 amide bonds. The van der Waals surface area contributed by atoms with E-state index in [-0.39, 0.29) is 5.95 Å². The number of hydrogen-bond donors (Lipinski definition) is 4. The van der Waals surface area contributed by atoms with Crippen molar-refractivity contribution in [2.75, 3.05) is 12.3 Å². The molecule has 0 saturated carbocycles. The number of hydrogen-bond acceptors (Lipinski definition) is 8. The minimum absolute atomic E-state index is 0.0509. The molecule has 0 spiro atoms. The lowest BCUT2D eigenvalue weighted by Crippen LogP contribution is -2.44. The Bertz CT molecular complexity index is 943. The highest BCUT2D eigenvalue weighted by molar-refractivity contribution is 5.88. The molecular weight excluding hydrogens is 338 g/mol. The molecule has 2 aromatic heterocycles. The van der Waals surface area contributed by atoms with E-state index in [0.29, 0.717) is 16.9 Å². The second-order valence-corrected chi connectivity index (χ2v) is 6.50. The summed E-state index contributed by atoms with van der Waals surface area (Å²) in [6.45, 7) is 1.01. The lowest BCUT2D eigenvalue weighted by atomic mass is 9.96. The van der Waals surface area contributed by atoms with E-state index < -0.39 is 30.6 Å². The minimum Gasteiger partial charge on any atom is -0.394 e. The van der Waals surface area contributed by atoms with E-state index in [1.165, 1.54) is 17.8 Å². The first kappa shape index (κ1) is 16.9. The van der Waals surface area contributed by atoms with Crippen LogP contribution in [0.3, 0.4) is 0 Å². The third kappa shape index (κ3) is 2.44. The van der Waals surface area contributed by atoms with Crippen molar-refractivity contribution in [1.82, 2.24) is 19.5 Å². The Morgan fingerprint density at radius 1 is 1.27 bits per heavy atom. The molecule has 26 heavy (non-hydrogen) atoms. The van der Waals surface area contributed by atoms with Gasteiger partial charge in [0.2, 0.25) is 5.95 Å². The van der Waals surface area contributed by atoms with Crippen LogP contribution in [0, 0.1) is 0 Å². The number of fused-ring (bicyclic) bond motifs is 1. The Morgan fingerprint density at radius 2 is 2.00 bits per heavy atom. The molecule has 136 valence electrons. The van der Waals surface area contributed by atoms with E-state index >= 15 is 0 Å². The van der Waals surface area contributed by atoms with Crippen molar-refractivity contribution in [3.05, 3.63) is 36.7 Å². The third-order valence-electron chi connectivity index (χ3n) is 4.67. The minimum atomic E-state index is -1.65. The Hall–Kier alpha value is -2.59. The molecule has 0 aliphatic carbocycles. The third-order valence-corrected chi connectivity index (χ3v) is 4.67. The summed E-state index contributed by atoms with van der Waals surface area (Å²) in [6.07, 6.45) is -1.71. The molecule has 9 heteroatoms. The van der Waals surface area contributed by atoms with Gasteiger partial charge in [-0.2, -0.15) is 4.98 Å². The van der Waals surface area contributed by atoms with Crippen molar-refractivity contribution in [2.45, 2.75) is 31.0 Å². The van der Waals surface area contributed by atoms with Crippen LogP contribution in [0.5, 0.6) is 0 Å². The molecule has 5 N–H and O–H groups in total. The fourth-order valence-electron chi connectivity index (χ4n) is 3.29. The van der Waals surface area contributed by atoms with Gasteiger partial charge >= 0.3 is 0 Å². The number of nitrogen functional groups attached to an aromatic ring is 1. The zero-order valence-corrected chi connectivity index (χ0v) is 14.0. The van der Waals surface area contributed by atoms with Gasteiger partial charge < -0.3 is 25.8 Å². The average molecular weight is 357 g/mol. The van der Waals surface area contributed by atoms with E-state index in [4.69, 9.17) is 10.5 Å². The molecule has 4 rings (SSSR count). The highest BCUT2D eigenvalue weighted by atomic mass is 16.6. The predicted molar refractivity (Wildman–Crippen MR) is 92.8 cm³/mol. The van der Waals surface area contributed by atoms with Gasteiger partial charge in [-0.1, -0.05) is 30.3 Å². The normalized spacial score (nSPS) is 28.7. The van der Waals surface area contributed by atoms with Crippen molar-refractivity contribution in [3.63, 3.8) is 0 Å². The van der Waals surface area contributed by atoms with Gasteiger partial charge in [0.25, 0.3) is 0 Å². The second-order valence-electron chi connectivity index (χ2n) is 6.50. The van der Waals surface area contributed by atoms with Crippen LogP contribution < -0.4 is 5.73 Å². The van der Waals surface area contributed by atoms with E-state index in [1.54, 1.807) is 0 Å². The van der Waals surface area contributed by atoms with Crippen molar-refractivity contribution in [1.29, 1.82) is 0 Å². The van der Waals surface area contributed by atoms with Crippen LogP contribution in [0.15, 0.2) is 36.7 Å². The van der Waals surface area contributed by atoms with E-state index in [0.717, 1.165) is 5.56 Å². The van der Waals surface area contributed by atoms with Crippen LogP contribution in [-0.4, -0.2) is 59.3 Å². The van der Waals surface area contributed by atoms with E-state index in [9.17, 15) is 15.3 Å². The van der Waals surface area contributed by atoms with Gasteiger partial charge in [-0.25, -0.2) is 9.97 Å². The number of benzene rings is 1.